The van der Waals surface area contributed by atoms with Gasteiger partial charge in [0.2, 0.25) is 6.29 Å². The Morgan fingerprint density at radius 2 is 1.93 bits per heavy atom. The highest BCUT2D eigenvalue weighted by Crippen LogP contribution is 2.13. The van der Waals surface area contributed by atoms with Crippen LogP contribution in [0.4, 0.5) is 0 Å². The van der Waals surface area contributed by atoms with Gasteiger partial charge in [0.25, 0.3) is 0 Å². The van der Waals surface area contributed by atoms with Gasteiger partial charge in [-0.05, 0) is 34.6 Å². The highest BCUT2D eigenvalue weighted by atomic mass is 79.9. The van der Waals surface area contributed by atoms with E-state index in [0.717, 1.165) is 0 Å². The molecule has 0 saturated heterocycles. The Bertz CT molecular complexity index is 192. The number of alkyl halides is 1. The molecule has 3 nitrogen and oxygen atoms in total. The van der Waals surface area contributed by atoms with E-state index >= 15 is 0 Å². The van der Waals surface area contributed by atoms with E-state index in [4.69, 9.17) is 14.5 Å². The number of hydrogen-bond donors (Lipinski definition) is 0. The van der Waals surface area contributed by atoms with E-state index in [-0.39, 0.29) is 11.9 Å². The second-order valence-electron chi connectivity index (χ2n) is 4.48. The predicted molar refractivity (Wildman–Crippen MR) is 64.9 cm³/mol. The van der Waals surface area contributed by atoms with Crippen LogP contribution in [0.25, 0.3) is 0 Å². The fourth-order valence-electron chi connectivity index (χ4n) is 0.787. The quantitative estimate of drug-likeness (QED) is 0.186. The summed E-state index contributed by atoms with van der Waals surface area (Å²) in [6, 6.07) is 0. The molecule has 0 radical (unpaired) electrons. The van der Waals surface area contributed by atoms with E-state index < -0.39 is 0 Å². The van der Waals surface area contributed by atoms with Crippen molar-refractivity contribution >= 4 is 15.9 Å². The molecule has 4 heteroatoms. The minimum Gasteiger partial charge on any atom is -0.343 e. The number of ether oxygens (including phenoxy) is 1. The smallest absolute Gasteiger partial charge is 0.201 e. The summed E-state index contributed by atoms with van der Waals surface area (Å²) < 4.78 is 5.58. The maximum absolute atomic E-state index is 5.58. The number of allylic oxidation sites excluding steroid dienone is 1. The molecule has 1 unspecified atom stereocenters. The average Bonchev–Trinajstić information content (AvgIpc) is 2.08. The van der Waals surface area contributed by atoms with Gasteiger partial charge >= 0.3 is 0 Å². The summed E-state index contributed by atoms with van der Waals surface area (Å²) in [6.07, 6.45) is 1.57. The van der Waals surface area contributed by atoms with E-state index in [1.54, 1.807) is 0 Å². The van der Waals surface area contributed by atoms with Crippen molar-refractivity contribution in [1.29, 1.82) is 0 Å². The van der Waals surface area contributed by atoms with Crippen molar-refractivity contribution in [2.24, 2.45) is 0 Å². The average molecular weight is 281 g/mol. The zero-order chi connectivity index (χ0) is 11.9. The highest BCUT2D eigenvalue weighted by Gasteiger charge is 2.18. The lowest BCUT2D eigenvalue weighted by Gasteiger charge is -2.25. The van der Waals surface area contributed by atoms with Gasteiger partial charge in [-0.15, -0.1) is 0 Å². The molecular formula is C11H21BrO3. The molecule has 0 bridgehead atoms. The lowest BCUT2D eigenvalue weighted by molar-refractivity contribution is -0.379. The molecular weight excluding hydrogens is 260 g/mol. The normalized spacial score (nSPS) is 13.7. The first-order chi connectivity index (χ1) is 6.85. The monoisotopic (exact) mass is 280 g/mol. The first-order valence-corrected chi connectivity index (χ1v) is 6.12. The van der Waals surface area contributed by atoms with E-state index in [1.807, 2.05) is 40.7 Å². The standard InChI is InChI=1S/C11H21BrO3/c1-9(2)6-7-13-15-10(8-12)14-11(3,4)5/h6,10H,7-8H2,1-5H3. The molecule has 0 aromatic rings. The van der Waals surface area contributed by atoms with Crippen LogP contribution in [0.2, 0.25) is 0 Å². The van der Waals surface area contributed by atoms with Crippen LogP contribution in [0.15, 0.2) is 11.6 Å². The fraction of sp³-hybridized carbons (Fsp3) is 0.818. The second-order valence-corrected chi connectivity index (χ2v) is 5.12. The Morgan fingerprint density at radius 1 is 1.33 bits per heavy atom. The third-order valence-corrected chi connectivity index (χ3v) is 1.87. The SMILES string of the molecule is CC(C)=CCOOC(CBr)OC(C)(C)C. The third-order valence-electron chi connectivity index (χ3n) is 1.35. The first-order valence-electron chi connectivity index (χ1n) is 5.00. The highest BCUT2D eigenvalue weighted by molar-refractivity contribution is 9.09. The number of hydrogen-bond acceptors (Lipinski definition) is 3. The van der Waals surface area contributed by atoms with Crippen LogP contribution in [-0.4, -0.2) is 23.8 Å². The first kappa shape index (κ1) is 15.1. The lowest BCUT2D eigenvalue weighted by atomic mass is 10.2. The maximum Gasteiger partial charge on any atom is 0.201 e. The molecule has 0 fully saturated rings. The van der Waals surface area contributed by atoms with Crippen molar-refractivity contribution in [3.05, 3.63) is 11.6 Å². The summed E-state index contributed by atoms with van der Waals surface area (Å²) in [5.41, 5.74) is 0.962. The summed E-state index contributed by atoms with van der Waals surface area (Å²) in [5.74, 6) is 0. The van der Waals surface area contributed by atoms with Crippen LogP contribution in [0.1, 0.15) is 34.6 Å². The summed E-state index contributed by atoms with van der Waals surface area (Å²) >= 11 is 3.30. The molecule has 90 valence electrons. The van der Waals surface area contributed by atoms with Crippen LogP contribution in [0.3, 0.4) is 0 Å². The van der Waals surface area contributed by atoms with Crippen molar-refractivity contribution in [2.45, 2.75) is 46.5 Å². The topological polar surface area (TPSA) is 27.7 Å². The molecule has 0 aromatic carbocycles. The zero-order valence-electron chi connectivity index (χ0n) is 10.2. The molecule has 0 aliphatic rings. The van der Waals surface area contributed by atoms with Gasteiger partial charge in [0.05, 0.1) is 10.9 Å². The van der Waals surface area contributed by atoms with Gasteiger partial charge in [-0.1, -0.05) is 27.6 Å². The van der Waals surface area contributed by atoms with Crippen LogP contribution in [0.5, 0.6) is 0 Å². The van der Waals surface area contributed by atoms with Crippen molar-refractivity contribution in [3.63, 3.8) is 0 Å². The lowest BCUT2D eigenvalue weighted by Crippen LogP contribution is -2.30. The Labute approximate surface area is 101 Å². The third kappa shape index (κ3) is 10.4. The molecule has 0 heterocycles. The van der Waals surface area contributed by atoms with Gasteiger partial charge in [-0.3, -0.25) is 0 Å². The predicted octanol–water partition coefficient (Wildman–Crippen LogP) is 3.44. The number of rotatable bonds is 6. The molecule has 0 rings (SSSR count). The molecule has 0 aliphatic carbocycles. The Hall–Kier alpha value is 0.100. The Balaban J connectivity index is 3.76. The minimum absolute atomic E-state index is 0.238. The van der Waals surface area contributed by atoms with Crippen molar-refractivity contribution < 1.29 is 14.5 Å². The molecule has 0 N–H and O–H groups in total. The van der Waals surface area contributed by atoms with Crippen LogP contribution >= 0.6 is 15.9 Å². The van der Waals surface area contributed by atoms with Crippen LogP contribution in [0, 0.1) is 0 Å². The molecule has 15 heavy (non-hydrogen) atoms. The molecule has 0 spiro atoms. The summed E-state index contributed by atoms with van der Waals surface area (Å²) in [5, 5.41) is 0.582. The van der Waals surface area contributed by atoms with Gasteiger partial charge in [0, 0.05) is 0 Å². The summed E-state index contributed by atoms with van der Waals surface area (Å²) in [7, 11) is 0. The Kier molecular flexibility index (Phi) is 7.44. The maximum atomic E-state index is 5.58. The molecule has 1 atom stereocenters. The van der Waals surface area contributed by atoms with Gasteiger partial charge in [-0.2, -0.15) is 0 Å². The van der Waals surface area contributed by atoms with Crippen LogP contribution in [-0.2, 0) is 14.5 Å². The van der Waals surface area contributed by atoms with E-state index in [0.29, 0.717) is 11.9 Å². The van der Waals surface area contributed by atoms with Gasteiger partial charge in [0.1, 0.15) is 6.61 Å². The van der Waals surface area contributed by atoms with Gasteiger partial charge < -0.3 is 4.74 Å². The second kappa shape index (κ2) is 7.39. The summed E-state index contributed by atoms with van der Waals surface area (Å²) in [6.45, 7) is 10.4. The Morgan fingerprint density at radius 3 is 2.33 bits per heavy atom. The van der Waals surface area contributed by atoms with E-state index in [9.17, 15) is 0 Å². The number of halogens is 1. The van der Waals surface area contributed by atoms with E-state index in [1.165, 1.54) is 5.57 Å². The van der Waals surface area contributed by atoms with Gasteiger partial charge in [0.15, 0.2) is 0 Å². The molecule has 0 amide bonds. The van der Waals surface area contributed by atoms with Crippen molar-refractivity contribution in [1.82, 2.24) is 0 Å². The summed E-state index contributed by atoms with van der Waals surface area (Å²) in [4.78, 5) is 10.1. The van der Waals surface area contributed by atoms with Crippen LogP contribution < -0.4 is 0 Å². The van der Waals surface area contributed by atoms with Crippen molar-refractivity contribution in [3.8, 4) is 0 Å². The van der Waals surface area contributed by atoms with Gasteiger partial charge in [-0.25, -0.2) is 9.78 Å². The molecule has 0 saturated carbocycles. The largest absolute Gasteiger partial charge is 0.343 e. The molecule has 0 aliphatic heterocycles. The van der Waals surface area contributed by atoms with E-state index in [2.05, 4.69) is 15.9 Å². The zero-order valence-corrected chi connectivity index (χ0v) is 11.8. The fourth-order valence-corrected chi connectivity index (χ4v) is 1.03. The minimum atomic E-state index is -0.379. The molecule has 0 aromatic heterocycles. The van der Waals surface area contributed by atoms with Crippen molar-refractivity contribution in [2.75, 3.05) is 11.9 Å².